The van der Waals surface area contributed by atoms with Crippen LogP contribution in [-0.4, -0.2) is 24.3 Å². The van der Waals surface area contributed by atoms with Crippen LogP contribution in [0.4, 0.5) is 0 Å². The number of allylic oxidation sites excluding steroid dienone is 2. The lowest BCUT2D eigenvalue weighted by molar-refractivity contribution is -0.150. The number of furan rings is 1. The molecule has 0 spiro atoms. The summed E-state index contributed by atoms with van der Waals surface area (Å²) < 4.78 is 10.8. The molecule has 0 saturated carbocycles. The van der Waals surface area contributed by atoms with Crippen molar-refractivity contribution in [3.05, 3.63) is 35.8 Å². The molecule has 4 heteroatoms. The summed E-state index contributed by atoms with van der Waals surface area (Å²) in [4.78, 5) is 12.3. The highest BCUT2D eigenvalue weighted by atomic mass is 16.5. The number of esters is 1. The topological polar surface area (TPSA) is 59.7 Å². The smallest absolute Gasteiger partial charge is 0.319 e. The van der Waals surface area contributed by atoms with E-state index in [9.17, 15) is 4.79 Å². The van der Waals surface area contributed by atoms with Gasteiger partial charge in [-0.15, -0.1) is 0 Å². The van der Waals surface area contributed by atoms with Crippen LogP contribution in [0.2, 0.25) is 0 Å². The minimum atomic E-state index is -0.794. The van der Waals surface area contributed by atoms with Gasteiger partial charge >= 0.3 is 5.97 Å². The number of hydrogen-bond donors (Lipinski definition) is 1. The van der Waals surface area contributed by atoms with Crippen molar-refractivity contribution in [2.24, 2.45) is 0 Å². The number of hydrogen-bond acceptors (Lipinski definition) is 4. The average molecular weight is 294 g/mol. The van der Waals surface area contributed by atoms with E-state index in [4.69, 9.17) is 14.3 Å². The summed E-state index contributed by atoms with van der Waals surface area (Å²) in [7, 11) is 0. The first-order chi connectivity index (χ1) is 10.0. The van der Waals surface area contributed by atoms with Crippen molar-refractivity contribution in [2.75, 3.05) is 13.2 Å². The van der Waals surface area contributed by atoms with Crippen molar-refractivity contribution < 1.29 is 19.1 Å². The summed E-state index contributed by atoms with van der Waals surface area (Å²) in [6.45, 7) is 6.09. The Hall–Kier alpha value is -1.55. The Balaban J connectivity index is 2.76. The van der Waals surface area contributed by atoms with E-state index < -0.39 is 5.41 Å². The van der Waals surface area contributed by atoms with Crippen LogP contribution < -0.4 is 0 Å². The third kappa shape index (κ3) is 5.05. The van der Waals surface area contributed by atoms with Crippen molar-refractivity contribution >= 4 is 5.97 Å². The Morgan fingerprint density at radius 1 is 1.38 bits per heavy atom. The Labute approximate surface area is 126 Å². The molecule has 1 unspecified atom stereocenters. The average Bonchev–Trinajstić information content (AvgIpc) is 2.90. The lowest BCUT2D eigenvalue weighted by Crippen LogP contribution is -2.33. The quantitative estimate of drug-likeness (QED) is 0.430. The van der Waals surface area contributed by atoms with Gasteiger partial charge in [0.2, 0.25) is 0 Å². The standard InChI is InChI=1S/C17H26O4/c1-4-20-16(19)17(3,15-11-10-14(2)21-15)12-8-6-5-7-9-13-18/h6,8,10-11,18H,4-5,7,9,12-13H2,1-3H3/b8-6+. The predicted molar refractivity (Wildman–Crippen MR) is 82.1 cm³/mol. The highest BCUT2D eigenvalue weighted by molar-refractivity contribution is 5.82. The van der Waals surface area contributed by atoms with Crippen LogP contribution >= 0.6 is 0 Å². The maximum Gasteiger partial charge on any atom is 0.319 e. The second-order valence-electron chi connectivity index (χ2n) is 5.36. The molecule has 0 aliphatic rings. The summed E-state index contributed by atoms with van der Waals surface area (Å²) in [5, 5.41) is 8.74. The van der Waals surface area contributed by atoms with E-state index in [-0.39, 0.29) is 12.6 Å². The molecule has 1 N–H and O–H groups in total. The second-order valence-corrected chi connectivity index (χ2v) is 5.36. The van der Waals surface area contributed by atoms with E-state index in [1.807, 2.05) is 38.1 Å². The summed E-state index contributed by atoms with van der Waals surface area (Å²) in [6.07, 6.45) is 7.23. The van der Waals surface area contributed by atoms with Gasteiger partial charge in [0.25, 0.3) is 0 Å². The molecule has 0 fully saturated rings. The molecule has 0 radical (unpaired) electrons. The maximum absolute atomic E-state index is 12.3. The van der Waals surface area contributed by atoms with Crippen LogP contribution in [-0.2, 0) is 14.9 Å². The molecule has 21 heavy (non-hydrogen) atoms. The zero-order valence-corrected chi connectivity index (χ0v) is 13.2. The first-order valence-electron chi connectivity index (χ1n) is 7.54. The number of rotatable bonds is 9. The first-order valence-corrected chi connectivity index (χ1v) is 7.54. The van der Waals surface area contributed by atoms with Gasteiger partial charge < -0.3 is 14.3 Å². The summed E-state index contributed by atoms with van der Waals surface area (Å²) in [6, 6.07) is 3.70. The molecule has 1 rings (SSSR count). The Bertz CT molecular complexity index is 461. The van der Waals surface area contributed by atoms with Gasteiger partial charge in [0.15, 0.2) is 0 Å². The second kappa shape index (κ2) is 8.67. The number of aryl methyl sites for hydroxylation is 1. The number of aliphatic hydroxyl groups excluding tert-OH is 1. The van der Waals surface area contributed by atoms with Crippen LogP contribution in [0.5, 0.6) is 0 Å². The minimum Gasteiger partial charge on any atom is -0.465 e. The normalized spacial score (nSPS) is 14.3. The molecule has 0 aromatic carbocycles. The predicted octanol–water partition coefficient (Wildman–Crippen LogP) is 3.52. The largest absolute Gasteiger partial charge is 0.465 e. The number of aliphatic hydroxyl groups is 1. The van der Waals surface area contributed by atoms with E-state index in [0.29, 0.717) is 18.8 Å². The summed E-state index contributed by atoms with van der Waals surface area (Å²) >= 11 is 0. The van der Waals surface area contributed by atoms with E-state index in [1.54, 1.807) is 6.92 Å². The third-order valence-corrected chi connectivity index (χ3v) is 3.48. The van der Waals surface area contributed by atoms with Crippen molar-refractivity contribution in [1.82, 2.24) is 0 Å². The lowest BCUT2D eigenvalue weighted by atomic mass is 9.84. The van der Waals surface area contributed by atoms with E-state index in [0.717, 1.165) is 25.0 Å². The zero-order chi connectivity index (χ0) is 15.7. The van der Waals surface area contributed by atoms with Crippen LogP contribution in [0.25, 0.3) is 0 Å². The number of ether oxygens (including phenoxy) is 1. The van der Waals surface area contributed by atoms with Gasteiger partial charge in [0.05, 0.1) is 6.61 Å². The Morgan fingerprint density at radius 3 is 2.71 bits per heavy atom. The number of carbonyl (C=O) groups is 1. The molecule has 118 valence electrons. The SMILES string of the molecule is CCOC(=O)C(C)(C/C=C/CCCCO)c1ccc(C)o1. The van der Waals surface area contributed by atoms with Gasteiger partial charge in [-0.3, -0.25) is 4.79 Å². The maximum atomic E-state index is 12.3. The highest BCUT2D eigenvalue weighted by Gasteiger charge is 2.38. The van der Waals surface area contributed by atoms with Crippen LogP contribution in [0.15, 0.2) is 28.7 Å². The summed E-state index contributed by atoms with van der Waals surface area (Å²) in [5.41, 5.74) is -0.794. The van der Waals surface area contributed by atoms with Crippen LogP contribution in [0.1, 0.15) is 51.1 Å². The fourth-order valence-electron chi connectivity index (χ4n) is 2.12. The van der Waals surface area contributed by atoms with Gasteiger partial charge in [-0.2, -0.15) is 0 Å². The van der Waals surface area contributed by atoms with Gasteiger partial charge in [-0.1, -0.05) is 12.2 Å². The molecule has 4 nitrogen and oxygen atoms in total. The van der Waals surface area contributed by atoms with Gasteiger partial charge in [0.1, 0.15) is 16.9 Å². The third-order valence-electron chi connectivity index (χ3n) is 3.48. The van der Waals surface area contributed by atoms with Gasteiger partial charge in [0, 0.05) is 6.61 Å². The van der Waals surface area contributed by atoms with Crippen molar-refractivity contribution in [2.45, 2.75) is 51.9 Å². The Morgan fingerprint density at radius 2 is 2.14 bits per heavy atom. The lowest BCUT2D eigenvalue weighted by Gasteiger charge is -2.23. The highest BCUT2D eigenvalue weighted by Crippen LogP contribution is 2.31. The monoisotopic (exact) mass is 294 g/mol. The molecule has 1 aromatic rings. The Kier molecular flexibility index (Phi) is 7.23. The number of carbonyl (C=O) groups excluding carboxylic acids is 1. The van der Waals surface area contributed by atoms with Gasteiger partial charge in [-0.05, 0) is 58.6 Å². The van der Waals surface area contributed by atoms with Crippen LogP contribution in [0.3, 0.4) is 0 Å². The fourth-order valence-corrected chi connectivity index (χ4v) is 2.12. The molecular weight excluding hydrogens is 268 g/mol. The van der Waals surface area contributed by atoms with Crippen molar-refractivity contribution in [3.63, 3.8) is 0 Å². The molecule has 0 saturated heterocycles. The number of unbranched alkanes of at least 4 members (excludes halogenated alkanes) is 2. The van der Waals surface area contributed by atoms with E-state index in [2.05, 4.69) is 0 Å². The molecular formula is C17H26O4. The zero-order valence-electron chi connectivity index (χ0n) is 13.2. The first kappa shape index (κ1) is 17.5. The fraction of sp³-hybridized carbons (Fsp3) is 0.588. The molecule has 1 heterocycles. The molecule has 1 atom stereocenters. The van der Waals surface area contributed by atoms with Crippen molar-refractivity contribution in [1.29, 1.82) is 0 Å². The van der Waals surface area contributed by atoms with E-state index in [1.165, 1.54) is 0 Å². The molecule has 1 aromatic heterocycles. The molecule has 0 bridgehead atoms. The summed E-state index contributed by atoms with van der Waals surface area (Å²) in [5.74, 6) is 1.16. The molecule has 0 aliphatic heterocycles. The van der Waals surface area contributed by atoms with Gasteiger partial charge in [-0.25, -0.2) is 0 Å². The van der Waals surface area contributed by atoms with Crippen molar-refractivity contribution in [3.8, 4) is 0 Å². The molecule has 0 aliphatic carbocycles. The molecule has 0 amide bonds. The minimum absolute atomic E-state index is 0.222. The van der Waals surface area contributed by atoms with Crippen LogP contribution in [0, 0.1) is 6.92 Å². The van der Waals surface area contributed by atoms with E-state index >= 15 is 0 Å².